The SMILES string of the molecule is COC(=O)c1ccc(N(C)C(=O)C(C)(C)C2(O)c3ccccc3CCC2C)cc1O. The minimum absolute atomic E-state index is 0.0230. The molecule has 0 radical (unpaired) electrons. The van der Waals surface area contributed by atoms with Gasteiger partial charge in [0.25, 0.3) is 0 Å². The van der Waals surface area contributed by atoms with Crippen molar-refractivity contribution in [2.75, 3.05) is 19.1 Å². The van der Waals surface area contributed by atoms with E-state index in [1.54, 1.807) is 27.0 Å². The van der Waals surface area contributed by atoms with Crippen LogP contribution in [0.15, 0.2) is 42.5 Å². The molecule has 2 unspecified atom stereocenters. The summed E-state index contributed by atoms with van der Waals surface area (Å²) < 4.78 is 4.64. The number of ether oxygens (including phenoxy) is 1. The predicted molar refractivity (Wildman–Crippen MR) is 114 cm³/mol. The second kappa shape index (κ2) is 7.76. The number of phenolic OH excluding ortho intramolecular Hbond substituents is 1. The average Bonchev–Trinajstić information content (AvgIpc) is 2.74. The molecule has 2 aromatic rings. The number of phenols is 1. The van der Waals surface area contributed by atoms with Crippen molar-refractivity contribution in [1.29, 1.82) is 0 Å². The van der Waals surface area contributed by atoms with Crippen LogP contribution in [-0.4, -0.2) is 36.2 Å². The number of hydrogen-bond acceptors (Lipinski definition) is 5. The third-order valence-corrected chi connectivity index (χ3v) is 6.55. The summed E-state index contributed by atoms with van der Waals surface area (Å²) >= 11 is 0. The van der Waals surface area contributed by atoms with E-state index in [1.807, 2.05) is 31.2 Å². The van der Waals surface area contributed by atoms with Crippen LogP contribution in [0.5, 0.6) is 5.75 Å². The predicted octanol–water partition coefficient (Wildman–Crippen LogP) is 3.64. The molecule has 160 valence electrons. The smallest absolute Gasteiger partial charge is 0.341 e. The number of carbonyl (C=O) groups is 2. The fourth-order valence-electron chi connectivity index (χ4n) is 4.62. The van der Waals surface area contributed by atoms with E-state index < -0.39 is 17.0 Å². The number of carbonyl (C=O) groups excluding carboxylic acids is 2. The van der Waals surface area contributed by atoms with Crippen molar-refractivity contribution in [2.24, 2.45) is 11.3 Å². The van der Waals surface area contributed by atoms with Gasteiger partial charge in [0.2, 0.25) is 5.91 Å². The third kappa shape index (κ3) is 3.25. The number of aliphatic hydroxyl groups is 1. The number of benzene rings is 2. The highest BCUT2D eigenvalue weighted by atomic mass is 16.5. The lowest BCUT2D eigenvalue weighted by atomic mass is 9.59. The van der Waals surface area contributed by atoms with Gasteiger partial charge in [0.15, 0.2) is 0 Å². The molecule has 2 N–H and O–H groups in total. The summed E-state index contributed by atoms with van der Waals surface area (Å²) in [6, 6.07) is 12.1. The Kier molecular flexibility index (Phi) is 5.65. The van der Waals surface area contributed by atoms with E-state index >= 15 is 0 Å². The molecule has 1 amide bonds. The van der Waals surface area contributed by atoms with Gasteiger partial charge < -0.3 is 19.8 Å². The van der Waals surface area contributed by atoms with Gasteiger partial charge in [0.05, 0.1) is 12.5 Å². The average molecular weight is 411 g/mol. The fraction of sp³-hybridized carbons (Fsp3) is 0.417. The number of nitrogens with zero attached hydrogens (tertiary/aromatic N) is 1. The van der Waals surface area contributed by atoms with Crippen molar-refractivity contribution >= 4 is 17.6 Å². The summed E-state index contributed by atoms with van der Waals surface area (Å²) in [5.41, 5.74) is -0.204. The molecule has 0 fully saturated rings. The van der Waals surface area contributed by atoms with Gasteiger partial charge in [-0.15, -0.1) is 0 Å². The third-order valence-electron chi connectivity index (χ3n) is 6.55. The Morgan fingerprint density at radius 1 is 1.20 bits per heavy atom. The zero-order valence-electron chi connectivity index (χ0n) is 18.1. The lowest BCUT2D eigenvalue weighted by Crippen LogP contribution is -2.57. The van der Waals surface area contributed by atoms with Crippen LogP contribution in [0.4, 0.5) is 5.69 Å². The van der Waals surface area contributed by atoms with Crippen molar-refractivity contribution in [3.8, 4) is 5.75 Å². The molecule has 6 nitrogen and oxygen atoms in total. The number of rotatable bonds is 4. The largest absolute Gasteiger partial charge is 0.507 e. The zero-order chi connectivity index (χ0) is 22.3. The van der Waals surface area contributed by atoms with Gasteiger partial charge in [-0.2, -0.15) is 0 Å². The lowest BCUT2D eigenvalue weighted by molar-refractivity contribution is -0.158. The summed E-state index contributed by atoms with van der Waals surface area (Å²) in [7, 11) is 2.83. The van der Waals surface area contributed by atoms with E-state index in [9.17, 15) is 19.8 Å². The van der Waals surface area contributed by atoms with E-state index in [1.165, 1.54) is 24.1 Å². The fourth-order valence-corrected chi connectivity index (χ4v) is 4.62. The highest BCUT2D eigenvalue weighted by Gasteiger charge is 2.56. The van der Waals surface area contributed by atoms with E-state index in [2.05, 4.69) is 4.74 Å². The van der Waals surface area contributed by atoms with Crippen molar-refractivity contribution in [3.05, 3.63) is 59.2 Å². The van der Waals surface area contributed by atoms with Gasteiger partial charge in [-0.05, 0) is 55.9 Å². The minimum atomic E-state index is -1.35. The molecule has 2 aromatic carbocycles. The standard InChI is InChI=1S/C24H29NO5/c1-15-10-11-16-8-6-7-9-19(16)24(15,29)23(2,3)22(28)25(4)17-12-13-18(20(26)14-17)21(27)30-5/h6-9,12-15,26,29H,10-11H2,1-5H3. The summed E-state index contributed by atoms with van der Waals surface area (Å²) in [6.45, 7) is 5.49. The lowest BCUT2D eigenvalue weighted by Gasteiger charge is -2.50. The molecule has 0 aliphatic heterocycles. The van der Waals surface area contributed by atoms with Gasteiger partial charge in [0, 0.05) is 18.8 Å². The highest BCUT2D eigenvalue weighted by Crippen LogP contribution is 2.51. The first-order valence-corrected chi connectivity index (χ1v) is 10.1. The summed E-state index contributed by atoms with van der Waals surface area (Å²) in [6.07, 6.45) is 1.64. The molecule has 0 spiro atoms. The second-order valence-corrected chi connectivity index (χ2v) is 8.55. The van der Waals surface area contributed by atoms with Crippen molar-refractivity contribution in [3.63, 3.8) is 0 Å². The van der Waals surface area contributed by atoms with E-state index in [-0.39, 0.29) is 23.1 Å². The highest BCUT2D eigenvalue weighted by molar-refractivity contribution is 5.99. The Morgan fingerprint density at radius 3 is 2.50 bits per heavy atom. The molecule has 1 aliphatic rings. The van der Waals surface area contributed by atoms with Crippen LogP contribution in [0, 0.1) is 11.3 Å². The maximum absolute atomic E-state index is 13.6. The van der Waals surface area contributed by atoms with E-state index in [0.717, 1.165) is 24.0 Å². The van der Waals surface area contributed by atoms with Crippen LogP contribution in [0.3, 0.4) is 0 Å². The quantitative estimate of drug-likeness (QED) is 0.750. The Labute approximate surface area is 177 Å². The Balaban J connectivity index is 2.00. The van der Waals surface area contributed by atoms with Gasteiger partial charge in [-0.25, -0.2) is 4.79 Å². The summed E-state index contributed by atoms with van der Waals surface area (Å²) in [5, 5.41) is 22.1. The molecule has 0 heterocycles. The van der Waals surface area contributed by atoms with Gasteiger partial charge >= 0.3 is 5.97 Å². The monoisotopic (exact) mass is 411 g/mol. The van der Waals surface area contributed by atoms with Crippen LogP contribution >= 0.6 is 0 Å². The molecular formula is C24H29NO5. The first-order chi connectivity index (χ1) is 14.1. The minimum Gasteiger partial charge on any atom is -0.507 e. The zero-order valence-corrected chi connectivity index (χ0v) is 18.1. The van der Waals surface area contributed by atoms with E-state index in [4.69, 9.17) is 0 Å². The van der Waals surface area contributed by atoms with Crippen LogP contribution in [0.1, 0.15) is 48.7 Å². The number of aryl methyl sites for hydroxylation is 1. The Bertz CT molecular complexity index is 983. The van der Waals surface area contributed by atoms with Gasteiger partial charge in [-0.1, -0.05) is 31.2 Å². The molecule has 3 rings (SSSR count). The van der Waals surface area contributed by atoms with Crippen molar-refractivity contribution in [2.45, 2.75) is 39.2 Å². The van der Waals surface area contributed by atoms with Crippen LogP contribution in [0.2, 0.25) is 0 Å². The van der Waals surface area contributed by atoms with Crippen LogP contribution in [-0.2, 0) is 21.6 Å². The second-order valence-electron chi connectivity index (χ2n) is 8.55. The molecule has 0 saturated carbocycles. The van der Waals surface area contributed by atoms with Gasteiger partial charge in [0.1, 0.15) is 16.9 Å². The van der Waals surface area contributed by atoms with E-state index in [0.29, 0.717) is 5.69 Å². The van der Waals surface area contributed by atoms with Crippen molar-refractivity contribution < 1.29 is 24.5 Å². The van der Waals surface area contributed by atoms with Gasteiger partial charge in [-0.3, -0.25) is 4.79 Å². The molecule has 1 aliphatic carbocycles. The molecule has 0 saturated heterocycles. The normalized spacial score (nSPS) is 20.9. The Hall–Kier alpha value is -2.86. The molecule has 2 atom stereocenters. The number of methoxy groups -OCH3 is 1. The van der Waals surface area contributed by atoms with Crippen LogP contribution < -0.4 is 4.90 Å². The van der Waals surface area contributed by atoms with Crippen molar-refractivity contribution in [1.82, 2.24) is 0 Å². The number of amides is 1. The van der Waals surface area contributed by atoms with Crippen LogP contribution in [0.25, 0.3) is 0 Å². The maximum Gasteiger partial charge on any atom is 0.341 e. The first kappa shape index (κ1) is 21.8. The molecule has 0 bridgehead atoms. The molecule has 0 aromatic heterocycles. The number of esters is 1. The number of fused-ring (bicyclic) bond motifs is 1. The Morgan fingerprint density at radius 2 is 1.87 bits per heavy atom. The first-order valence-electron chi connectivity index (χ1n) is 10.1. The number of aromatic hydroxyl groups is 1. The molecule has 6 heteroatoms. The molecule has 30 heavy (non-hydrogen) atoms. The topological polar surface area (TPSA) is 87.1 Å². The maximum atomic E-state index is 13.6. The number of anilines is 1. The number of hydrogen-bond donors (Lipinski definition) is 2. The molecular weight excluding hydrogens is 382 g/mol. The summed E-state index contributed by atoms with van der Waals surface area (Å²) in [4.78, 5) is 26.7. The summed E-state index contributed by atoms with van der Waals surface area (Å²) in [5.74, 6) is -1.34.